The molecule has 2 heterocycles. The zero-order valence-corrected chi connectivity index (χ0v) is 33.1. The number of epoxide rings is 1. The summed E-state index contributed by atoms with van der Waals surface area (Å²) in [5, 5.41) is 11.4. The number of hydrogen-bond donors (Lipinski definition) is 1. The van der Waals surface area contributed by atoms with Crippen molar-refractivity contribution in [3.05, 3.63) is 36.0 Å². The molecule has 0 radical (unpaired) electrons. The molecule has 0 aromatic heterocycles. The Morgan fingerprint density at radius 3 is 2.28 bits per heavy atom. The van der Waals surface area contributed by atoms with Crippen LogP contribution in [0.5, 0.6) is 0 Å². The Hall–Kier alpha value is -1.63. The van der Waals surface area contributed by atoms with Crippen LogP contribution in [0, 0.1) is 17.8 Å². The lowest BCUT2D eigenvalue weighted by Gasteiger charge is -2.37. The lowest BCUT2D eigenvalue weighted by Crippen LogP contribution is -2.45. The van der Waals surface area contributed by atoms with E-state index in [4.69, 9.17) is 37.9 Å². The van der Waals surface area contributed by atoms with Gasteiger partial charge in [-0.25, -0.2) is 0 Å². The summed E-state index contributed by atoms with van der Waals surface area (Å²) in [7, 11) is 0. The highest BCUT2D eigenvalue weighted by atomic mass is 16.7. The molecule has 0 bridgehead atoms. The van der Waals surface area contributed by atoms with Crippen LogP contribution >= 0.6 is 0 Å². The number of carbonyl (C=O) groups is 1. The third-order valence-electron chi connectivity index (χ3n) is 9.69. The highest BCUT2D eigenvalue weighted by molar-refractivity contribution is 5.70. The molecule has 2 rings (SSSR count). The second kappa shape index (κ2) is 22.4. The molecule has 50 heavy (non-hydrogen) atoms. The van der Waals surface area contributed by atoms with Crippen LogP contribution in [-0.4, -0.2) is 92.0 Å². The van der Waals surface area contributed by atoms with Crippen molar-refractivity contribution in [2.75, 3.05) is 19.8 Å². The maximum Gasteiger partial charge on any atom is 0.309 e. The van der Waals surface area contributed by atoms with Gasteiger partial charge in [0.05, 0.1) is 36.4 Å². The van der Waals surface area contributed by atoms with Gasteiger partial charge in [-0.15, -0.1) is 0 Å². The van der Waals surface area contributed by atoms with Crippen molar-refractivity contribution in [3.8, 4) is 0 Å². The molecular formula is C40H70O10. The van der Waals surface area contributed by atoms with Gasteiger partial charge in [0.25, 0.3) is 0 Å². The Morgan fingerprint density at radius 2 is 1.64 bits per heavy atom. The maximum atomic E-state index is 13.4. The van der Waals surface area contributed by atoms with Crippen LogP contribution in [0.15, 0.2) is 36.0 Å². The number of cyclic esters (lactones) is 1. The van der Waals surface area contributed by atoms with Crippen LogP contribution in [0.25, 0.3) is 0 Å². The number of allylic oxidation sites excluding steroid dienone is 3. The first kappa shape index (κ1) is 44.5. The molecule has 10 heteroatoms. The fourth-order valence-corrected chi connectivity index (χ4v) is 6.78. The summed E-state index contributed by atoms with van der Waals surface area (Å²) in [5.41, 5.74) is -0.0758. The van der Waals surface area contributed by atoms with Gasteiger partial charge < -0.3 is 43.0 Å². The molecule has 3 unspecified atom stereocenters. The predicted molar refractivity (Wildman–Crippen MR) is 195 cm³/mol. The first-order valence-electron chi connectivity index (χ1n) is 19.1. The summed E-state index contributed by atoms with van der Waals surface area (Å²) in [6.45, 7) is 25.3. The molecule has 1 saturated heterocycles. The zero-order valence-electron chi connectivity index (χ0n) is 33.1. The predicted octanol–water partition coefficient (Wildman–Crippen LogP) is 7.67. The van der Waals surface area contributed by atoms with Gasteiger partial charge in [-0.2, -0.15) is 0 Å². The van der Waals surface area contributed by atoms with E-state index in [-0.39, 0.29) is 54.7 Å². The van der Waals surface area contributed by atoms with Gasteiger partial charge in [0.15, 0.2) is 18.9 Å². The van der Waals surface area contributed by atoms with Crippen LogP contribution in [0.1, 0.15) is 115 Å². The minimum absolute atomic E-state index is 0.0487. The molecule has 1 N–H and O–H groups in total. The molecule has 0 aromatic rings. The maximum absolute atomic E-state index is 13.4. The van der Waals surface area contributed by atoms with E-state index >= 15 is 0 Å². The zero-order chi connectivity index (χ0) is 37.4. The molecule has 0 saturated carbocycles. The van der Waals surface area contributed by atoms with E-state index in [1.165, 1.54) is 0 Å². The summed E-state index contributed by atoms with van der Waals surface area (Å²) in [5.74, 6) is 0.000983. The van der Waals surface area contributed by atoms with Gasteiger partial charge in [0.2, 0.25) is 0 Å². The van der Waals surface area contributed by atoms with E-state index in [0.29, 0.717) is 32.7 Å². The third-order valence-corrected chi connectivity index (χ3v) is 9.69. The largest absolute Gasteiger partial charge is 0.457 e. The fraction of sp³-hybridized carbons (Fsp3) is 0.825. The van der Waals surface area contributed by atoms with E-state index in [9.17, 15) is 9.90 Å². The molecule has 0 aromatic carbocycles. The minimum Gasteiger partial charge on any atom is -0.457 e. The molecule has 10 nitrogen and oxygen atoms in total. The first-order valence-corrected chi connectivity index (χ1v) is 19.1. The van der Waals surface area contributed by atoms with Crippen LogP contribution in [-0.2, 0) is 42.7 Å². The van der Waals surface area contributed by atoms with E-state index in [2.05, 4.69) is 26.8 Å². The van der Waals surface area contributed by atoms with E-state index in [0.717, 1.165) is 18.4 Å². The molecule has 0 amide bonds. The van der Waals surface area contributed by atoms with Crippen LogP contribution in [0.2, 0.25) is 0 Å². The second-order valence-corrected chi connectivity index (χ2v) is 14.2. The van der Waals surface area contributed by atoms with Gasteiger partial charge in [0, 0.05) is 31.7 Å². The Morgan fingerprint density at radius 1 is 1.00 bits per heavy atom. The van der Waals surface area contributed by atoms with Crippen molar-refractivity contribution in [2.24, 2.45) is 17.8 Å². The average Bonchev–Trinajstić information content (AvgIpc) is 3.81. The normalized spacial score (nSPS) is 32.7. The summed E-state index contributed by atoms with van der Waals surface area (Å²) >= 11 is 0. The van der Waals surface area contributed by atoms with Gasteiger partial charge in [-0.1, -0.05) is 58.1 Å². The Bertz CT molecular complexity index is 1060. The second-order valence-electron chi connectivity index (χ2n) is 14.2. The van der Waals surface area contributed by atoms with Crippen molar-refractivity contribution in [2.45, 2.75) is 176 Å². The summed E-state index contributed by atoms with van der Waals surface area (Å²) in [6, 6.07) is 0. The van der Waals surface area contributed by atoms with Gasteiger partial charge in [-0.05, 0) is 92.6 Å². The standard InChI is InChI=1S/C40H70O10/c1-13-34(47-31(10)44-15-3)29(8)39-35(48-39)24-26(5)18-17-19-27(6)38-28(7)20-21-36(41)40(12,50-32(11)45-16-4)23-22-33(25-37(42)49-38)46-30(9)43-14-2/h17-21,26,28-36,38-39,41H,13-16,22-25H2,1-12H3/b18-17+,21-20+,27-19+/t26-,28+,29-,30?,31?,32?,33-,34+,35-,36+,38-,39-,40-/m1/s1. The number of carbonyl (C=O) groups excluding carboxylic acids is 1. The summed E-state index contributed by atoms with van der Waals surface area (Å²) in [6.07, 6.45) is 9.86. The van der Waals surface area contributed by atoms with Crippen LogP contribution in [0.4, 0.5) is 0 Å². The topological polar surface area (TPSA) is 114 Å². The Kier molecular flexibility index (Phi) is 20.0. The van der Waals surface area contributed by atoms with E-state index in [1.54, 1.807) is 6.08 Å². The molecule has 2 aliphatic rings. The average molecular weight is 711 g/mol. The Labute approximate surface area is 303 Å². The highest BCUT2D eigenvalue weighted by Gasteiger charge is 2.46. The lowest BCUT2D eigenvalue weighted by atomic mass is 9.88. The van der Waals surface area contributed by atoms with Crippen molar-refractivity contribution in [1.29, 1.82) is 0 Å². The summed E-state index contributed by atoms with van der Waals surface area (Å²) < 4.78 is 47.6. The van der Waals surface area contributed by atoms with Crippen LogP contribution in [0.3, 0.4) is 0 Å². The number of hydrogen-bond acceptors (Lipinski definition) is 10. The van der Waals surface area contributed by atoms with Gasteiger partial charge >= 0.3 is 5.97 Å². The van der Waals surface area contributed by atoms with E-state index < -0.39 is 36.5 Å². The Balaban J connectivity index is 2.17. The quantitative estimate of drug-likeness (QED) is 0.0444. The van der Waals surface area contributed by atoms with Gasteiger partial charge in [0.1, 0.15) is 12.2 Å². The molecule has 0 spiro atoms. The van der Waals surface area contributed by atoms with E-state index in [1.807, 2.05) is 80.5 Å². The molecule has 0 aliphatic carbocycles. The van der Waals surface area contributed by atoms with Crippen LogP contribution < -0.4 is 0 Å². The van der Waals surface area contributed by atoms with Crippen molar-refractivity contribution in [3.63, 3.8) is 0 Å². The number of aliphatic hydroxyl groups excluding tert-OH is 1. The number of rotatable bonds is 20. The van der Waals surface area contributed by atoms with Crippen molar-refractivity contribution >= 4 is 5.97 Å². The molecular weight excluding hydrogens is 640 g/mol. The molecule has 13 atom stereocenters. The number of esters is 1. The smallest absolute Gasteiger partial charge is 0.309 e. The molecule has 1 fully saturated rings. The number of ether oxygens (including phenoxy) is 8. The highest BCUT2D eigenvalue weighted by Crippen LogP contribution is 2.38. The summed E-state index contributed by atoms with van der Waals surface area (Å²) in [4.78, 5) is 13.4. The SMILES string of the molecule is CCOC(C)O[C@@H]1CC[C@@](C)(OC(C)OCC)[C@@H](O)/C=C/[C@H](C)[C@@H](/C(C)=C/C=C/[C@@H](C)C[C@H]2O[C@@H]2[C@H](C)[C@H](CC)OC(C)OCC)OC(=O)C1. The first-order chi connectivity index (χ1) is 23.7. The fourth-order valence-electron chi connectivity index (χ4n) is 6.78. The number of aliphatic hydroxyl groups is 1. The van der Waals surface area contributed by atoms with Crippen molar-refractivity contribution < 1.29 is 47.8 Å². The molecule has 2 aliphatic heterocycles. The third kappa shape index (κ3) is 15.2. The molecule has 290 valence electrons. The minimum atomic E-state index is -0.974. The van der Waals surface area contributed by atoms with Gasteiger partial charge in [-0.3, -0.25) is 4.79 Å². The van der Waals surface area contributed by atoms with Crippen molar-refractivity contribution in [1.82, 2.24) is 0 Å². The monoisotopic (exact) mass is 710 g/mol. The lowest BCUT2D eigenvalue weighted by molar-refractivity contribution is -0.224.